The highest BCUT2D eigenvalue weighted by Crippen LogP contribution is 2.36. The van der Waals surface area contributed by atoms with Gasteiger partial charge in [0, 0.05) is 17.7 Å². The van der Waals surface area contributed by atoms with Gasteiger partial charge in [-0.15, -0.1) is 0 Å². The molecule has 0 saturated heterocycles. The van der Waals surface area contributed by atoms with Crippen LogP contribution in [-0.4, -0.2) is 47.4 Å². The average molecular weight is 346 g/mol. The predicted octanol–water partition coefficient (Wildman–Crippen LogP) is 1.81. The molecule has 2 N–H and O–H groups in total. The highest BCUT2D eigenvalue weighted by atomic mass is 32.2. The smallest absolute Gasteiger partial charge is 0.270 e. The van der Waals surface area contributed by atoms with Crippen LogP contribution in [0.3, 0.4) is 0 Å². The molecule has 0 fully saturated rings. The van der Waals surface area contributed by atoms with E-state index in [2.05, 4.69) is 9.97 Å². The molecule has 0 saturated carbocycles. The molecule has 2 rings (SSSR count). The molecule has 1 aromatic carbocycles. The van der Waals surface area contributed by atoms with Gasteiger partial charge in [-0.25, -0.2) is 4.98 Å². The van der Waals surface area contributed by atoms with E-state index in [0.29, 0.717) is 22.8 Å². The van der Waals surface area contributed by atoms with E-state index in [1.807, 2.05) is 25.1 Å². The largest absolute Gasteiger partial charge is 0.504 e. The van der Waals surface area contributed by atoms with Crippen molar-refractivity contribution in [2.45, 2.75) is 11.7 Å². The fraction of sp³-hybridized carbons (Fsp3) is 0.312. The number of hydrogen-bond acceptors (Lipinski definition) is 7. The first-order chi connectivity index (χ1) is 11.4. The maximum absolute atomic E-state index is 12.1. The summed E-state index contributed by atoms with van der Waals surface area (Å²) in [6.07, 6.45) is 1.78. The van der Waals surface area contributed by atoms with E-state index in [4.69, 9.17) is 4.74 Å². The van der Waals surface area contributed by atoms with E-state index in [1.165, 1.54) is 18.9 Å². The van der Waals surface area contributed by atoms with Gasteiger partial charge < -0.3 is 19.7 Å². The molecule has 1 aromatic heterocycles. The first-order valence-corrected chi connectivity index (χ1v) is 8.27. The Balaban J connectivity index is 2.75. The van der Waals surface area contributed by atoms with Crippen LogP contribution in [-0.2, 0) is 6.54 Å². The first kappa shape index (κ1) is 17.8. The molecule has 2 aromatic rings. The summed E-state index contributed by atoms with van der Waals surface area (Å²) in [4.78, 5) is 20.9. The van der Waals surface area contributed by atoms with Gasteiger partial charge in [0.25, 0.3) is 5.56 Å². The Labute approximate surface area is 143 Å². The highest BCUT2D eigenvalue weighted by molar-refractivity contribution is 7.98. The van der Waals surface area contributed by atoms with Crippen LogP contribution in [0.5, 0.6) is 11.5 Å². The van der Waals surface area contributed by atoms with Crippen molar-refractivity contribution < 1.29 is 9.84 Å². The van der Waals surface area contributed by atoms with E-state index >= 15 is 0 Å². The third-order valence-electron chi connectivity index (χ3n) is 3.34. The van der Waals surface area contributed by atoms with Crippen LogP contribution in [0.25, 0.3) is 11.3 Å². The van der Waals surface area contributed by atoms with Crippen molar-refractivity contribution in [1.82, 2.24) is 14.9 Å². The number of benzene rings is 1. The number of hydrogen-bond donors (Lipinski definition) is 2. The summed E-state index contributed by atoms with van der Waals surface area (Å²) in [7, 11) is 5.19. The van der Waals surface area contributed by atoms with Crippen LogP contribution in [0.1, 0.15) is 11.1 Å². The Bertz CT molecular complexity index is 856. The molecule has 8 heteroatoms. The van der Waals surface area contributed by atoms with E-state index in [0.717, 1.165) is 0 Å². The number of aromatic amines is 1. The number of nitrogens with one attached hydrogen (secondary N) is 1. The minimum absolute atomic E-state index is 0.0309. The quantitative estimate of drug-likeness (QED) is 0.629. The Morgan fingerprint density at radius 2 is 2.17 bits per heavy atom. The fourth-order valence-corrected chi connectivity index (χ4v) is 2.66. The molecule has 0 amide bonds. The van der Waals surface area contributed by atoms with Crippen LogP contribution in [0, 0.1) is 11.3 Å². The van der Waals surface area contributed by atoms with Crippen molar-refractivity contribution in [2.24, 2.45) is 0 Å². The number of aromatic nitrogens is 2. The first-order valence-electron chi connectivity index (χ1n) is 7.04. The van der Waals surface area contributed by atoms with E-state index in [9.17, 15) is 15.2 Å². The highest BCUT2D eigenvalue weighted by Gasteiger charge is 2.18. The lowest BCUT2D eigenvalue weighted by Gasteiger charge is -2.15. The monoisotopic (exact) mass is 346 g/mol. The van der Waals surface area contributed by atoms with E-state index < -0.39 is 5.56 Å². The number of methoxy groups -OCH3 is 1. The number of rotatable bonds is 5. The van der Waals surface area contributed by atoms with E-state index in [1.54, 1.807) is 18.4 Å². The molecule has 0 atom stereocenters. The molecule has 0 aliphatic rings. The lowest BCUT2D eigenvalue weighted by molar-refractivity contribution is 0.355. The lowest BCUT2D eigenvalue weighted by atomic mass is 10.0. The Kier molecular flexibility index (Phi) is 5.49. The minimum Gasteiger partial charge on any atom is -0.504 e. The van der Waals surface area contributed by atoms with Crippen LogP contribution < -0.4 is 10.3 Å². The summed E-state index contributed by atoms with van der Waals surface area (Å²) >= 11 is 1.27. The molecule has 0 unspecified atom stereocenters. The number of H-pyrrole nitrogens is 1. The SMILES string of the molecule is COc1cc(-c2nc(SC)[nH]c(=O)c2C#N)cc(CN(C)C)c1O. The van der Waals surface area contributed by atoms with Gasteiger partial charge in [0.05, 0.1) is 12.8 Å². The maximum atomic E-state index is 12.1. The summed E-state index contributed by atoms with van der Waals surface area (Å²) in [6.45, 7) is 0.469. The van der Waals surface area contributed by atoms with Gasteiger partial charge in [-0.1, -0.05) is 11.8 Å². The van der Waals surface area contributed by atoms with Crippen LogP contribution >= 0.6 is 11.8 Å². The van der Waals surface area contributed by atoms with Gasteiger partial charge >= 0.3 is 0 Å². The van der Waals surface area contributed by atoms with Gasteiger partial charge in [0.2, 0.25) is 0 Å². The molecular formula is C16H18N4O3S. The Hall–Kier alpha value is -2.50. The van der Waals surface area contributed by atoms with E-state index in [-0.39, 0.29) is 22.8 Å². The number of nitriles is 1. The van der Waals surface area contributed by atoms with Crippen LogP contribution in [0.4, 0.5) is 0 Å². The van der Waals surface area contributed by atoms with Gasteiger partial charge in [-0.05, 0) is 32.5 Å². The zero-order valence-electron chi connectivity index (χ0n) is 13.9. The van der Waals surface area contributed by atoms with Crippen molar-refractivity contribution >= 4 is 11.8 Å². The van der Waals surface area contributed by atoms with Crippen molar-refractivity contribution in [3.05, 3.63) is 33.6 Å². The molecular weight excluding hydrogens is 328 g/mol. The number of ether oxygens (including phenoxy) is 1. The third kappa shape index (κ3) is 3.53. The second kappa shape index (κ2) is 7.38. The second-order valence-electron chi connectivity index (χ2n) is 5.33. The van der Waals surface area contributed by atoms with Crippen molar-refractivity contribution in [1.29, 1.82) is 5.26 Å². The standard InChI is InChI=1S/C16H18N4O3S/c1-20(2)8-10-5-9(6-12(23-3)14(10)21)13-11(7-17)15(22)19-16(18-13)24-4/h5-6,21H,8H2,1-4H3,(H,18,19,22). The maximum Gasteiger partial charge on any atom is 0.270 e. The number of nitrogens with zero attached hydrogens (tertiary/aromatic N) is 3. The number of phenolic OH excluding ortho intramolecular Hbond substituents is 1. The zero-order chi connectivity index (χ0) is 17.9. The molecule has 24 heavy (non-hydrogen) atoms. The molecule has 0 aliphatic carbocycles. The summed E-state index contributed by atoms with van der Waals surface area (Å²) < 4.78 is 5.22. The van der Waals surface area contributed by atoms with Gasteiger partial charge in [0.15, 0.2) is 16.7 Å². The van der Waals surface area contributed by atoms with Gasteiger partial charge in [0.1, 0.15) is 11.6 Å². The lowest BCUT2D eigenvalue weighted by Crippen LogP contribution is -2.15. The van der Waals surface area contributed by atoms with Crippen molar-refractivity contribution in [3.63, 3.8) is 0 Å². The average Bonchev–Trinajstić information content (AvgIpc) is 2.55. The Morgan fingerprint density at radius 3 is 2.71 bits per heavy atom. The number of thioether (sulfide) groups is 1. The van der Waals surface area contributed by atoms with Gasteiger partial charge in [-0.2, -0.15) is 5.26 Å². The fourth-order valence-electron chi connectivity index (χ4n) is 2.28. The summed E-state index contributed by atoms with van der Waals surface area (Å²) in [5.41, 5.74) is 0.860. The molecule has 0 bridgehead atoms. The third-order valence-corrected chi connectivity index (χ3v) is 3.92. The number of aromatic hydroxyl groups is 1. The van der Waals surface area contributed by atoms with Crippen LogP contribution in [0.2, 0.25) is 0 Å². The molecule has 0 aliphatic heterocycles. The summed E-state index contributed by atoms with van der Waals surface area (Å²) in [5, 5.41) is 20.0. The normalized spacial score (nSPS) is 10.7. The summed E-state index contributed by atoms with van der Waals surface area (Å²) in [5.74, 6) is 0.296. The van der Waals surface area contributed by atoms with Crippen molar-refractivity contribution in [2.75, 3.05) is 27.5 Å². The van der Waals surface area contributed by atoms with Gasteiger partial charge in [-0.3, -0.25) is 4.79 Å². The predicted molar refractivity (Wildman–Crippen MR) is 92.4 cm³/mol. The second-order valence-corrected chi connectivity index (χ2v) is 6.13. The molecule has 0 radical (unpaired) electrons. The molecule has 126 valence electrons. The van der Waals surface area contributed by atoms with Crippen LogP contribution in [0.15, 0.2) is 22.1 Å². The van der Waals surface area contributed by atoms with Crippen molar-refractivity contribution in [3.8, 4) is 28.8 Å². The molecule has 1 heterocycles. The molecule has 0 spiro atoms. The molecule has 7 nitrogen and oxygen atoms in total. The summed E-state index contributed by atoms with van der Waals surface area (Å²) in [6, 6.07) is 5.18. The minimum atomic E-state index is -0.493. The number of phenols is 1. The zero-order valence-corrected chi connectivity index (χ0v) is 14.7. The topological polar surface area (TPSA) is 102 Å². The Morgan fingerprint density at radius 1 is 1.46 bits per heavy atom.